The number of hydrogen-bond donors (Lipinski definition) is 1. The van der Waals surface area contributed by atoms with Gasteiger partial charge in [-0.1, -0.05) is 11.3 Å². The molecule has 9 nitrogen and oxygen atoms in total. The van der Waals surface area contributed by atoms with Gasteiger partial charge in [0.2, 0.25) is 5.91 Å². The number of hydrogen-bond acceptors (Lipinski definition) is 7. The molecule has 0 unspecified atom stereocenters. The van der Waals surface area contributed by atoms with Crippen molar-refractivity contribution in [2.75, 3.05) is 23.3 Å². The number of ether oxygens (including phenoxy) is 1. The Morgan fingerprint density at radius 2 is 2.18 bits per heavy atom. The first-order chi connectivity index (χ1) is 13.5. The molecule has 0 atom stereocenters. The van der Waals surface area contributed by atoms with Crippen LogP contribution in [-0.2, 0) is 11.3 Å². The molecule has 1 fully saturated rings. The number of fused-ring (bicyclic) bond motifs is 1. The number of carbonyl (C=O) groups is 1. The summed E-state index contributed by atoms with van der Waals surface area (Å²) in [6.07, 6.45) is 1.45. The molecular formula is C17H17F2N7O2. The van der Waals surface area contributed by atoms with Crippen molar-refractivity contribution < 1.29 is 18.3 Å². The van der Waals surface area contributed by atoms with Gasteiger partial charge < -0.3 is 15.0 Å². The molecule has 1 amide bonds. The average molecular weight is 389 g/mol. The topological polar surface area (TPSA) is 98.1 Å². The van der Waals surface area contributed by atoms with Gasteiger partial charge in [-0.3, -0.25) is 4.79 Å². The molecule has 2 aromatic heterocycles. The van der Waals surface area contributed by atoms with E-state index in [1.54, 1.807) is 10.7 Å². The second-order valence-corrected chi connectivity index (χ2v) is 6.27. The van der Waals surface area contributed by atoms with Gasteiger partial charge in [-0.25, -0.2) is 14.6 Å². The van der Waals surface area contributed by atoms with Crippen molar-refractivity contribution in [2.45, 2.75) is 20.1 Å². The Bertz CT molecular complexity index is 1000. The van der Waals surface area contributed by atoms with E-state index >= 15 is 0 Å². The second kappa shape index (κ2) is 7.33. The third-order valence-electron chi connectivity index (χ3n) is 4.46. The fourth-order valence-corrected chi connectivity index (χ4v) is 3.04. The minimum atomic E-state index is -2.92. The van der Waals surface area contributed by atoms with Crippen LogP contribution in [0.3, 0.4) is 0 Å². The molecule has 3 heterocycles. The number of nitrogens with zero attached hydrogens (tertiary/aromatic N) is 6. The lowest BCUT2D eigenvalue weighted by Gasteiger charge is -2.38. The zero-order valence-electron chi connectivity index (χ0n) is 14.9. The highest BCUT2D eigenvalue weighted by molar-refractivity contribution is 5.95. The van der Waals surface area contributed by atoms with E-state index in [-0.39, 0.29) is 17.6 Å². The van der Waals surface area contributed by atoms with Gasteiger partial charge >= 0.3 is 6.61 Å². The molecule has 3 aromatic rings. The van der Waals surface area contributed by atoms with E-state index < -0.39 is 6.61 Å². The lowest BCUT2D eigenvalue weighted by molar-refractivity contribution is -0.120. The summed E-state index contributed by atoms with van der Waals surface area (Å²) in [7, 11) is 0. The van der Waals surface area contributed by atoms with E-state index in [1.807, 2.05) is 11.8 Å². The van der Waals surface area contributed by atoms with Crippen LogP contribution < -0.4 is 15.0 Å². The molecule has 1 N–H and O–H groups in total. The summed E-state index contributed by atoms with van der Waals surface area (Å²) in [5.74, 6) is 0.172. The van der Waals surface area contributed by atoms with Crippen LogP contribution in [0, 0.1) is 5.92 Å². The number of nitrogens with one attached hydrogen (secondary N) is 1. The van der Waals surface area contributed by atoms with E-state index in [1.165, 1.54) is 24.5 Å². The SMILES string of the molecule is CCn1nnc2c(N3CC(C(=O)Nc4cccc(OC(F)F)c4)C3)ncnc21. The fourth-order valence-electron chi connectivity index (χ4n) is 3.04. The number of alkyl halides is 2. The molecule has 11 heteroatoms. The number of rotatable bonds is 6. The van der Waals surface area contributed by atoms with E-state index in [2.05, 4.69) is 30.3 Å². The van der Waals surface area contributed by atoms with Crippen molar-refractivity contribution in [2.24, 2.45) is 5.92 Å². The zero-order chi connectivity index (χ0) is 19.7. The summed E-state index contributed by atoms with van der Waals surface area (Å²) < 4.78 is 30.6. The average Bonchev–Trinajstić information content (AvgIpc) is 3.04. The molecule has 1 aromatic carbocycles. The molecule has 28 heavy (non-hydrogen) atoms. The first-order valence-corrected chi connectivity index (χ1v) is 8.70. The van der Waals surface area contributed by atoms with E-state index in [9.17, 15) is 13.6 Å². The highest BCUT2D eigenvalue weighted by Gasteiger charge is 2.35. The Labute approximate surface area is 158 Å². The van der Waals surface area contributed by atoms with Crippen LogP contribution >= 0.6 is 0 Å². The summed E-state index contributed by atoms with van der Waals surface area (Å²) in [4.78, 5) is 22.8. The highest BCUT2D eigenvalue weighted by Crippen LogP contribution is 2.28. The Kier molecular flexibility index (Phi) is 4.72. The summed E-state index contributed by atoms with van der Waals surface area (Å²) in [6.45, 7) is 0.600. The van der Waals surface area contributed by atoms with Gasteiger partial charge in [-0.05, 0) is 19.1 Å². The predicted octanol–water partition coefficient (Wildman–Crippen LogP) is 1.92. The van der Waals surface area contributed by atoms with Gasteiger partial charge in [-0.2, -0.15) is 8.78 Å². The third kappa shape index (κ3) is 3.42. The number of aryl methyl sites for hydroxylation is 1. The number of halogens is 2. The molecule has 0 radical (unpaired) electrons. The van der Waals surface area contributed by atoms with Gasteiger partial charge in [0, 0.05) is 31.4 Å². The molecule has 1 aliphatic rings. The predicted molar refractivity (Wildman–Crippen MR) is 96.2 cm³/mol. The summed E-state index contributed by atoms with van der Waals surface area (Å²) in [6, 6.07) is 5.91. The second-order valence-electron chi connectivity index (χ2n) is 6.27. The number of aromatic nitrogens is 5. The van der Waals surface area contributed by atoms with Crippen molar-refractivity contribution in [3.63, 3.8) is 0 Å². The molecule has 0 aliphatic carbocycles. The van der Waals surface area contributed by atoms with Gasteiger partial charge in [0.25, 0.3) is 0 Å². The standard InChI is InChI=1S/C17H17F2N7O2/c1-2-26-15-13(23-24-26)14(20-9-21-15)25-7-10(8-25)16(27)22-11-4-3-5-12(6-11)28-17(18)19/h3-6,9-10,17H,2,7-8H2,1H3,(H,22,27). The van der Waals surface area contributed by atoms with Gasteiger partial charge in [0.15, 0.2) is 17.0 Å². The van der Waals surface area contributed by atoms with Crippen molar-refractivity contribution >= 4 is 28.6 Å². The lowest BCUT2D eigenvalue weighted by Crippen LogP contribution is -2.52. The van der Waals surface area contributed by atoms with Gasteiger partial charge in [0.1, 0.15) is 12.1 Å². The highest BCUT2D eigenvalue weighted by atomic mass is 19.3. The summed E-state index contributed by atoms with van der Waals surface area (Å²) in [5, 5.41) is 10.9. The summed E-state index contributed by atoms with van der Waals surface area (Å²) >= 11 is 0. The maximum atomic E-state index is 12.4. The third-order valence-corrected chi connectivity index (χ3v) is 4.46. The molecule has 0 bridgehead atoms. The molecule has 0 saturated carbocycles. The van der Waals surface area contributed by atoms with Crippen molar-refractivity contribution in [3.8, 4) is 5.75 Å². The first kappa shape index (κ1) is 18.0. The van der Waals surface area contributed by atoms with Crippen molar-refractivity contribution in [3.05, 3.63) is 30.6 Å². The monoisotopic (exact) mass is 389 g/mol. The Morgan fingerprint density at radius 3 is 2.93 bits per heavy atom. The van der Waals surface area contributed by atoms with Gasteiger partial charge in [-0.15, -0.1) is 5.10 Å². The van der Waals surface area contributed by atoms with Crippen LogP contribution in [0.5, 0.6) is 5.75 Å². The van der Waals surface area contributed by atoms with E-state index in [0.29, 0.717) is 42.3 Å². The molecule has 1 saturated heterocycles. The van der Waals surface area contributed by atoms with Gasteiger partial charge in [0.05, 0.1) is 5.92 Å². The van der Waals surface area contributed by atoms with Crippen LogP contribution in [0.4, 0.5) is 20.3 Å². The molecule has 1 aliphatic heterocycles. The minimum absolute atomic E-state index is 0.00887. The Balaban J connectivity index is 1.40. The normalized spacial score (nSPS) is 14.4. The Morgan fingerprint density at radius 1 is 1.36 bits per heavy atom. The van der Waals surface area contributed by atoms with Crippen LogP contribution in [0.1, 0.15) is 6.92 Å². The first-order valence-electron chi connectivity index (χ1n) is 8.70. The minimum Gasteiger partial charge on any atom is -0.435 e. The van der Waals surface area contributed by atoms with E-state index in [4.69, 9.17) is 0 Å². The molecular weight excluding hydrogens is 372 g/mol. The van der Waals surface area contributed by atoms with Crippen LogP contribution in [-0.4, -0.2) is 50.6 Å². The zero-order valence-corrected chi connectivity index (χ0v) is 14.9. The molecule has 0 spiro atoms. The number of benzene rings is 1. The Hall–Kier alpha value is -3.37. The fraction of sp³-hybridized carbons (Fsp3) is 0.353. The van der Waals surface area contributed by atoms with Crippen molar-refractivity contribution in [1.82, 2.24) is 25.0 Å². The number of carbonyl (C=O) groups excluding carboxylic acids is 1. The summed E-state index contributed by atoms with van der Waals surface area (Å²) in [5.41, 5.74) is 1.65. The number of amides is 1. The largest absolute Gasteiger partial charge is 0.435 e. The molecule has 4 rings (SSSR count). The van der Waals surface area contributed by atoms with Crippen LogP contribution in [0.25, 0.3) is 11.2 Å². The van der Waals surface area contributed by atoms with Crippen LogP contribution in [0.15, 0.2) is 30.6 Å². The quantitative estimate of drug-likeness (QED) is 0.688. The van der Waals surface area contributed by atoms with Crippen molar-refractivity contribution in [1.29, 1.82) is 0 Å². The number of anilines is 2. The smallest absolute Gasteiger partial charge is 0.387 e. The van der Waals surface area contributed by atoms with E-state index in [0.717, 1.165) is 0 Å². The van der Waals surface area contributed by atoms with Crippen LogP contribution in [0.2, 0.25) is 0 Å². The maximum absolute atomic E-state index is 12.4. The molecule has 146 valence electrons. The lowest BCUT2D eigenvalue weighted by atomic mass is 9.99. The maximum Gasteiger partial charge on any atom is 0.387 e.